The normalized spacial score (nSPS) is 27.4. The minimum Gasteiger partial charge on any atom is -0.368 e. The molecule has 3 rings (SSSR count). The summed E-state index contributed by atoms with van der Waals surface area (Å²) in [5.74, 6) is 1.45. The second-order valence-electron chi connectivity index (χ2n) is 6.06. The van der Waals surface area contributed by atoms with E-state index in [1.54, 1.807) is 0 Å². The van der Waals surface area contributed by atoms with Crippen LogP contribution in [0, 0.1) is 12.8 Å². The predicted octanol–water partition coefficient (Wildman–Crippen LogP) is 0.852. The lowest BCUT2D eigenvalue weighted by atomic mass is 9.86. The number of hydrogen-bond acceptors (Lipinski definition) is 5. The molecule has 1 saturated heterocycles. The summed E-state index contributed by atoms with van der Waals surface area (Å²) < 4.78 is 5.84. The lowest BCUT2D eigenvalue weighted by molar-refractivity contribution is -0.0257. The van der Waals surface area contributed by atoms with Gasteiger partial charge in [0.1, 0.15) is 6.10 Å². The zero-order chi connectivity index (χ0) is 14.1. The molecule has 5 heteroatoms. The largest absolute Gasteiger partial charge is 0.368 e. The van der Waals surface area contributed by atoms with E-state index in [0.29, 0.717) is 5.92 Å². The fraction of sp³-hybridized carbons (Fsp3) is 0.733. The van der Waals surface area contributed by atoms with Crippen molar-refractivity contribution in [2.45, 2.75) is 32.3 Å². The molecule has 5 nitrogen and oxygen atoms in total. The molecule has 1 aromatic heterocycles. The van der Waals surface area contributed by atoms with Gasteiger partial charge in [0.25, 0.3) is 0 Å². The molecular formula is C15H24N4O. The zero-order valence-electron chi connectivity index (χ0n) is 12.4. The van der Waals surface area contributed by atoms with Crippen LogP contribution in [0.1, 0.15) is 35.3 Å². The summed E-state index contributed by atoms with van der Waals surface area (Å²) in [6.07, 6.45) is 3.22. The third-order valence-corrected chi connectivity index (χ3v) is 4.49. The number of aromatic nitrogens is 2. The van der Waals surface area contributed by atoms with Crippen LogP contribution < -0.4 is 5.73 Å². The second-order valence-corrected chi connectivity index (χ2v) is 6.06. The molecule has 0 saturated carbocycles. The molecule has 0 aromatic carbocycles. The Bertz CT molecular complexity index is 491. The summed E-state index contributed by atoms with van der Waals surface area (Å²) in [4.78, 5) is 11.8. The van der Waals surface area contributed by atoms with Crippen molar-refractivity contribution in [3.63, 3.8) is 0 Å². The quantitative estimate of drug-likeness (QED) is 0.867. The van der Waals surface area contributed by atoms with E-state index in [1.807, 2.05) is 0 Å². The molecule has 110 valence electrons. The first kappa shape index (κ1) is 13.9. The first-order valence-electron chi connectivity index (χ1n) is 7.54. The van der Waals surface area contributed by atoms with Gasteiger partial charge in [-0.15, -0.1) is 0 Å². The molecule has 2 atom stereocenters. The molecule has 1 fully saturated rings. The van der Waals surface area contributed by atoms with E-state index in [4.69, 9.17) is 20.4 Å². The SMILES string of the molecule is Cc1nc(C2CN(C)CCO2)nc2c1CC(CN)CC2. The number of ether oxygens (including phenoxy) is 1. The molecule has 0 amide bonds. The lowest BCUT2D eigenvalue weighted by Crippen LogP contribution is -2.36. The van der Waals surface area contributed by atoms with Gasteiger partial charge in [-0.05, 0) is 51.3 Å². The number of likely N-dealkylation sites (N-methyl/N-ethyl adjacent to an activating group) is 1. The fourth-order valence-corrected chi connectivity index (χ4v) is 3.16. The Morgan fingerprint density at radius 1 is 1.40 bits per heavy atom. The molecule has 2 unspecified atom stereocenters. The van der Waals surface area contributed by atoms with Crippen molar-refractivity contribution in [3.05, 3.63) is 22.8 Å². The minimum atomic E-state index is 0.0185. The van der Waals surface area contributed by atoms with Gasteiger partial charge in [-0.3, -0.25) is 0 Å². The maximum atomic E-state index is 5.84. The Labute approximate surface area is 120 Å². The van der Waals surface area contributed by atoms with E-state index in [-0.39, 0.29) is 6.10 Å². The van der Waals surface area contributed by atoms with Crippen LogP contribution in [0.25, 0.3) is 0 Å². The van der Waals surface area contributed by atoms with Gasteiger partial charge < -0.3 is 15.4 Å². The van der Waals surface area contributed by atoms with E-state index in [9.17, 15) is 0 Å². The van der Waals surface area contributed by atoms with Gasteiger partial charge in [0.2, 0.25) is 0 Å². The van der Waals surface area contributed by atoms with E-state index in [0.717, 1.165) is 57.0 Å². The van der Waals surface area contributed by atoms with E-state index in [2.05, 4.69) is 18.9 Å². The van der Waals surface area contributed by atoms with Crippen LogP contribution in [-0.4, -0.2) is 48.2 Å². The molecule has 1 aliphatic heterocycles. The van der Waals surface area contributed by atoms with Gasteiger partial charge in [-0.2, -0.15) is 0 Å². The topological polar surface area (TPSA) is 64.3 Å². The molecule has 0 spiro atoms. The second kappa shape index (κ2) is 5.76. The first-order chi connectivity index (χ1) is 9.67. The number of morpholine rings is 1. The maximum absolute atomic E-state index is 5.84. The van der Waals surface area contributed by atoms with E-state index >= 15 is 0 Å². The number of hydrogen-bond donors (Lipinski definition) is 1. The Morgan fingerprint density at radius 2 is 2.25 bits per heavy atom. The summed E-state index contributed by atoms with van der Waals surface area (Å²) in [7, 11) is 2.12. The van der Waals surface area contributed by atoms with Crippen molar-refractivity contribution >= 4 is 0 Å². The standard InChI is InChI=1S/C15H24N4O/c1-10-12-7-11(8-16)3-4-13(12)18-15(17-10)14-9-19(2)5-6-20-14/h11,14H,3-9,16H2,1-2H3. The summed E-state index contributed by atoms with van der Waals surface area (Å²) >= 11 is 0. The van der Waals surface area contributed by atoms with Gasteiger partial charge >= 0.3 is 0 Å². The Hall–Kier alpha value is -1.04. The van der Waals surface area contributed by atoms with E-state index in [1.165, 1.54) is 11.3 Å². The molecule has 1 aliphatic carbocycles. The number of aryl methyl sites for hydroxylation is 2. The summed E-state index contributed by atoms with van der Waals surface area (Å²) in [6.45, 7) is 5.48. The fourth-order valence-electron chi connectivity index (χ4n) is 3.16. The zero-order valence-corrected chi connectivity index (χ0v) is 12.4. The van der Waals surface area contributed by atoms with Crippen LogP contribution in [0.3, 0.4) is 0 Å². The summed E-state index contributed by atoms with van der Waals surface area (Å²) in [5.41, 5.74) is 9.45. The molecule has 2 heterocycles. The van der Waals surface area contributed by atoms with Gasteiger partial charge in [0.05, 0.1) is 6.61 Å². The molecule has 0 bridgehead atoms. The predicted molar refractivity (Wildman–Crippen MR) is 77.5 cm³/mol. The Kier molecular flexibility index (Phi) is 4.01. The van der Waals surface area contributed by atoms with Crippen LogP contribution in [-0.2, 0) is 17.6 Å². The number of fused-ring (bicyclic) bond motifs is 1. The first-order valence-corrected chi connectivity index (χ1v) is 7.54. The van der Waals surface area contributed by atoms with Gasteiger partial charge in [0.15, 0.2) is 5.82 Å². The van der Waals surface area contributed by atoms with Crippen molar-refractivity contribution in [3.8, 4) is 0 Å². The third kappa shape index (κ3) is 2.71. The van der Waals surface area contributed by atoms with Gasteiger partial charge in [-0.25, -0.2) is 9.97 Å². The lowest BCUT2D eigenvalue weighted by Gasteiger charge is -2.30. The molecule has 1 aromatic rings. The molecule has 2 N–H and O–H groups in total. The van der Waals surface area contributed by atoms with Crippen molar-refractivity contribution < 1.29 is 4.74 Å². The number of rotatable bonds is 2. The smallest absolute Gasteiger partial charge is 0.158 e. The van der Waals surface area contributed by atoms with Crippen molar-refractivity contribution in [2.24, 2.45) is 11.7 Å². The van der Waals surface area contributed by atoms with Crippen molar-refractivity contribution in [2.75, 3.05) is 33.3 Å². The maximum Gasteiger partial charge on any atom is 0.158 e. The average molecular weight is 276 g/mol. The van der Waals surface area contributed by atoms with Crippen LogP contribution in [0.2, 0.25) is 0 Å². The highest BCUT2D eigenvalue weighted by Crippen LogP contribution is 2.28. The number of nitrogens with two attached hydrogens (primary N) is 1. The third-order valence-electron chi connectivity index (χ3n) is 4.49. The molecule has 2 aliphatic rings. The van der Waals surface area contributed by atoms with Gasteiger partial charge in [-0.1, -0.05) is 0 Å². The Balaban J connectivity index is 1.86. The van der Waals surface area contributed by atoms with Crippen LogP contribution in [0.5, 0.6) is 0 Å². The average Bonchev–Trinajstić information content (AvgIpc) is 2.47. The van der Waals surface area contributed by atoms with E-state index < -0.39 is 0 Å². The summed E-state index contributed by atoms with van der Waals surface area (Å²) in [6, 6.07) is 0. The van der Waals surface area contributed by atoms with Crippen molar-refractivity contribution in [1.29, 1.82) is 0 Å². The molecule has 0 radical (unpaired) electrons. The highest BCUT2D eigenvalue weighted by molar-refractivity contribution is 5.28. The monoisotopic (exact) mass is 276 g/mol. The minimum absolute atomic E-state index is 0.0185. The number of nitrogens with zero attached hydrogens (tertiary/aromatic N) is 3. The van der Waals surface area contributed by atoms with Gasteiger partial charge in [0, 0.05) is 24.5 Å². The molecule has 20 heavy (non-hydrogen) atoms. The highest BCUT2D eigenvalue weighted by Gasteiger charge is 2.26. The summed E-state index contributed by atoms with van der Waals surface area (Å²) in [5, 5.41) is 0. The van der Waals surface area contributed by atoms with Crippen molar-refractivity contribution in [1.82, 2.24) is 14.9 Å². The van der Waals surface area contributed by atoms with Crippen LogP contribution in [0.15, 0.2) is 0 Å². The van der Waals surface area contributed by atoms with Crippen LogP contribution in [0.4, 0.5) is 0 Å². The molecular weight excluding hydrogens is 252 g/mol. The highest BCUT2D eigenvalue weighted by atomic mass is 16.5. The Morgan fingerprint density at radius 3 is 3.00 bits per heavy atom. The van der Waals surface area contributed by atoms with Crippen LogP contribution >= 0.6 is 0 Å².